The number of hydrogen-bond acceptors (Lipinski definition) is 3. The van der Waals surface area contributed by atoms with E-state index in [1.807, 2.05) is 0 Å². The first kappa shape index (κ1) is 20.5. The number of guanidine groups is 1. The van der Waals surface area contributed by atoms with E-state index in [0.717, 1.165) is 31.2 Å². The number of aliphatic imine (C=N–C) groups is 1. The van der Waals surface area contributed by atoms with E-state index >= 15 is 0 Å². The second kappa shape index (κ2) is 9.38. The molecule has 1 aliphatic carbocycles. The van der Waals surface area contributed by atoms with Crippen molar-refractivity contribution in [2.45, 2.75) is 70.4 Å². The molecule has 2 atom stereocenters. The molecule has 3 aliphatic rings. The molecule has 2 heterocycles. The topological polar surface area (TPSA) is 48.9 Å². The van der Waals surface area contributed by atoms with Gasteiger partial charge in [-0.05, 0) is 70.5 Å². The fraction of sp³-hybridized carbons (Fsp3) is 0.708. The third-order valence-electron chi connectivity index (χ3n) is 6.78. The van der Waals surface area contributed by atoms with E-state index in [0.29, 0.717) is 5.92 Å². The Morgan fingerprint density at radius 3 is 2.86 bits per heavy atom. The average Bonchev–Trinajstić information content (AvgIpc) is 3.36. The summed E-state index contributed by atoms with van der Waals surface area (Å²) in [5, 5.41) is 7.25. The van der Waals surface area contributed by atoms with Gasteiger partial charge in [0, 0.05) is 31.6 Å². The van der Waals surface area contributed by atoms with E-state index < -0.39 is 0 Å². The first-order chi connectivity index (χ1) is 14.2. The molecule has 0 bridgehead atoms. The van der Waals surface area contributed by atoms with Crippen LogP contribution in [0, 0.1) is 5.92 Å². The van der Waals surface area contributed by atoms with Gasteiger partial charge in [0.05, 0.1) is 6.04 Å². The van der Waals surface area contributed by atoms with Crippen LogP contribution in [0.4, 0.5) is 0 Å². The van der Waals surface area contributed by atoms with Crippen LogP contribution in [0.5, 0.6) is 5.75 Å². The second-order valence-corrected chi connectivity index (χ2v) is 9.11. The van der Waals surface area contributed by atoms with Gasteiger partial charge in [-0.1, -0.05) is 25.1 Å². The zero-order valence-electron chi connectivity index (χ0n) is 18.3. The highest BCUT2D eigenvalue weighted by atomic mass is 16.5. The third-order valence-corrected chi connectivity index (χ3v) is 6.78. The molecule has 160 valence electrons. The highest BCUT2D eigenvalue weighted by molar-refractivity contribution is 5.80. The molecule has 5 nitrogen and oxygen atoms in total. The maximum absolute atomic E-state index is 6.52. The Labute approximate surface area is 176 Å². The van der Waals surface area contributed by atoms with Crippen molar-refractivity contribution in [2.75, 3.05) is 32.7 Å². The maximum atomic E-state index is 6.52. The van der Waals surface area contributed by atoms with Gasteiger partial charge in [-0.3, -0.25) is 4.99 Å². The predicted molar refractivity (Wildman–Crippen MR) is 120 cm³/mol. The molecule has 2 fully saturated rings. The Bertz CT molecular complexity index is 698. The van der Waals surface area contributed by atoms with E-state index in [1.165, 1.54) is 63.7 Å². The minimum absolute atomic E-state index is 0.00938. The van der Waals surface area contributed by atoms with Crippen molar-refractivity contribution < 1.29 is 4.74 Å². The van der Waals surface area contributed by atoms with Gasteiger partial charge in [0.2, 0.25) is 0 Å². The lowest BCUT2D eigenvalue weighted by Crippen LogP contribution is -2.46. The Hall–Kier alpha value is -1.75. The molecule has 29 heavy (non-hydrogen) atoms. The first-order valence-corrected chi connectivity index (χ1v) is 11.8. The molecule has 1 spiro atoms. The van der Waals surface area contributed by atoms with Crippen molar-refractivity contribution >= 4 is 5.96 Å². The summed E-state index contributed by atoms with van der Waals surface area (Å²) in [6, 6.07) is 8.81. The zero-order valence-corrected chi connectivity index (χ0v) is 18.3. The van der Waals surface area contributed by atoms with Gasteiger partial charge in [0.1, 0.15) is 11.4 Å². The van der Waals surface area contributed by atoms with Gasteiger partial charge < -0.3 is 20.3 Å². The SMILES string of the molecule is CCCN1CCC(CN=C(NCC)NC2CC3(CCCC3)Oc3ccccc32)C1. The molecular formula is C24H38N4O. The monoisotopic (exact) mass is 398 g/mol. The highest BCUT2D eigenvalue weighted by Gasteiger charge is 2.43. The lowest BCUT2D eigenvalue weighted by atomic mass is 9.86. The Morgan fingerprint density at radius 1 is 1.24 bits per heavy atom. The predicted octanol–water partition coefficient (Wildman–Crippen LogP) is 4.11. The summed E-state index contributed by atoms with van der Waals surface area (Å²) in [4.78, 5) is 7.58. The molecule has 0 aromatic heterocycles. The van der Waals surface area contributed by atoms with E-state index in [-0.39, 0.29) is 11.6 Å². The molecule has 0 radical (unpaired) electrons. The fourth-order valence-electron chi connectivity index (χ4n) is 5.36. The summed E-state index contributed by atoms with van der Waals surface area (Å²) < 4.78 is 6.52. The molecule has 1 aromatic rings. The van der Waals surface area contributed by atoms with Gasteiger partial charge in [-0.25, -0.2) is 0 Å². The van der Waals surface area contributed by atoms with Crippen LogP contribution in [0.15, 0.2) is 29.3 Å². The van der Waals surface area contributed by atoms with Crippen molar-refractivity contribution in [3.63, 3.8) is 0 Å². The second-order valence-electron chi connectivity index (χ2n) is 9.11. The van der Waals surface area contributed by atoms with Crippen LogP contribution >= 0.6 is 0 Å². The van der Waals surface area contributed by atoms with Crippen molar-refractivity contribution in [1.29, 1.82) is 0 Å². The molecule has 0 amide bonds. The molecule has 4 rings (SSSR count). The van der Waals surface area contributed by atoms with Gasteiger partial charge in [-0.15, -0.1) is 0 Å². The molecular weight excluding hydrogens is 360 g/mol. The summed E-state index contributed by atoms with van der Waals surface area (Å²) in [6.07, 6.45) is 8.43. The highest BCUT2D eigenvalue weighted by Crippen LogP contribution is 2.46. The zero-order chi connectivity index (χ0) is 20.1. The quantitative estimate of drug-likeness (QED) is 0.559. The summed E-state index contributed by atoms with van der Waals surface area (Å²) in [6.45, 7) is 9.85. The Morgan fingerprint density at radius 2 is 2.07 bits per heavy atom. The van der Waals surface area contributed by atoms with Crippen LogP contribution < -0.4 is 15.4 Å². The van der Waals surface area contributed by atoms with Gasteiger partial charge >= 0.3 is 0 Å². The number of para-hydroxylation sites is 1. The van der Waals surface area contributed by atoms with E-state index in [9.17, 15) is 0 Å². The number of ether oxygens (including phenoxy) is 1. The minimum atomic E-state index is 0.00938. The fourth-order valence-corrected chi connectivity index (χ4v) is 5.36. The summed E-state index contributed by atoms with van der Waals surface area (Å²) in [7, 11) is 0. The van der Waals surface area contributed by atoms with Gasteiger partial charge in [0.15, 0.2) is 5.96 Å². The third kappa shape index (κ3) is 4.88. The molecule has 5 heteroatoms. The molecule has 2 N–H and O–H groups in total. The van der Waals surface area contributed by atoms with Crippen LogP contribution in [-0.4, -0.2) is 49.2 Å². The number of hydrogen-bond donors (Lipinski definition) is 2. The number of likely N-dealkylation sites (tertiary alicyclic amines) is 1. The summed E-state index contributed by atoms with van der Waals surface area (Å²) in [5.41, 5.74) is 1.28. The standard InChI is InChI=1S/C24H38N4O/c1-3-14-28-15-11-19(18-28)17-26-23(25-4-2)27-21-16-24(12-7-8-13-24)29-22-10-6-5-9-20(21)22/h5-6,9-10,19,21H,3-4,7-8,11-18H2,1-2H3,(H2,25,26,27). The van der Waals surface area contributed by atoms with Crippen molar-refractivity contribution in [1.82, 2.24) is 15.5 Å². The van der Waals surface area contributed by atoms with Crippen LogP contribution in [0.25, 0.3) is 0 Å². The molecule has 2 unspecified atom stereocenters. The Balaban J connectivity index is 1.45. The van der Waals surface area contributed by atoms with Gasteiger partial charge in [-0.2, -0.15) is 0 Å². The van der Waals surface area contributed by atoms with Crippen LogP contribution in [-0.2, 0) is 0 Å². The lowest BCUT2D eigenvalue weighted by molar-refractivity contribution is 0.0396. The summed E-state index contributed by atoms with van der Waals surface area (Å²) in [5.74, 6) is 2.69. The van der Waals surface area contributed by atoms with Gasteiger partial charge in [0.25, 0.3) is 0 Å². The first-order valence-electron chi connectivity index (χ1n) is 11.8. The molecule has 1 aromatic carbocycles. The van der Waals surface area contributed by atoms with Crippen LogP contribution in [0.2, 0.25) is 0 Å². The van der Waals surface area contributed by atoms with Crippen LogP contribution in [0.3, 0.4) is 0 Å². The number of nitrogens with one attached hydrogen (secondary N) is 2. The van der Waals surface area contributed by atoms with Crippen molar-refractivity contribution in [3.8, 4) is 5.75 Å². The molecule has 1 saturated heterocycles. The van der Waals surface area contributed by atoms with Crippen LogP contribution in [0.1, 0.15) is 70.4 Å². The number of benzene rings is 1. The maximum Gasteiger partial charge on any atom is 0.191 e. The van der Waals surface area contributed by atoms with E-state index in [4.69, 9.17) is 9.73 Å². The van der Waals surface area contributed by atoms with E-state index in [1.54, 1.807) is 0 Å². The molecule has 2 aliphatic heterocycles. The smallest absolute Gasteiger partial charge is 0.191 e. The lowest BCUT2D eigenvalue weighted by Gasteiger charge is -2.40. The average molecular weight is 399 g/mol. The number of fused-ring (bicyclic) bond motifs is 1. The van der Waals surface area contributed by atoms with Crippen molar-refractivity contribution in [2.24, 2.45) is 10.9 Å². The largest absolute Gasteiger partial charge is 0.487 e. The van der Waals surface area contributed by atoms with E-state index in [2.05, 4.69) is 53.6 Å². The Kier molecular flexibility index (Phi) is 6.63. The minimum Gasteiger partial charge on any atom is -0.487 e. The normalized spacial score (nSPS) is 26.3. The summed E-state index contributed by atoms with van der Waals surface area (Å²) >= 11 is 0. The molecule has 1 saturated carbocycles. The number of rotatable bonds is 6. The van der Waals surface area contributed by atoms with Crippen molar-refractivity contribution in [3.05, 3.63) is 29.8 Å². The number of nitrogens with zero attached hydrogens (tertiary/aromatic N) is 2.